The summed E-state index contributed by atoms with van der Waals surface area (Å²) in [5, 5.41) is 3.67. The van der Waals surface area contributed by atoms with Crippen molar-refractivity contribution >= 4 is 15.9 Å². The molecule has 1 heterocycles. The fourth-order valence-corrected chi connectivity index (χ4v) is 3.34. The van der Waals surface area contributed by atoms with E-state index in [4.69, 9.17) is 0 Å². The molecule has 0 amide bonds. The zero-order chi connectivity index (χ0) is 13.1. The van der Waals surface area contributed by atoms with Crippen LogP contribution in [0.5, 0.6) is 0 Å². The van der Waals surface area contributed by atoms with Gasteiger partial charge in [-0.3, -0.25) is 4.98 Å². The van der Waals surface area contributed by atoms with Crippen molar-refractivity contribution in [3.05, 3.63) is 63.9 Å². The van der Waals surface area contributed by atoms with Crippen LogP contribution in [0.4, 0.5) is 0 Å². The predicted octanol–water partition coefficient (Wildman–Crippen LogP) is 3.66. The monoisotopic (exact) mass is 316 g/mol. The van der Waals surface area contributed by atoms with E-state index in [1.807, 2.05) is 12.4 Å². The van der Waals surface area contributed by atoms with Crippen LogP contribution in [-0.4, -0.2) is 11.5 Å². The third kappa shape index (κ3) is 2.88. The van der Waals surface area contributed by atoms with Crippen molar-refractivity contribution in [2.75, 3.05) is 6.54 Å². The van der Waals surface area contributed by atoms with Gasteiger partial charge >= 0.3 is 0 Å². The first-order valence-electron chi connectivity index (χ1n) is 6.74. The molecule has 19 heavy (non-hydrogen) atoms. The summed E-state index contributed by atoms with van der Waals surface area (Å²) < 4.78 is 1.25. The zero-order valence-corrected chi connectivity index (χ0v) is 12.4. The van der Waals surface area contributed by atoms with Gasteiger partial charge in [-0.15, -0.1) is 0 Å². The molecule has 0 saturated carbocycles. The topological polar surface area (TPSA) is 24.9 Å². The van der Waals surface area contributed by atoms with Crippen molar-refractivity contribution in [1.29, 1.82) is 0 Å². The molecule has 0 radical (unpaired) electrons. The number of rotatable bonds is 4. The predicted molar refractivity (Wildman–Crippen MR) is 81.1 cm³/mol. The average Bonchev–Trinajstić information content (AvgIpc) is 2.85. The fraction of sp³-hybridized carbons (Fsp3) is 0.312. The molecule has 0 aliphatic heterocycles. The van der Waals surface area contributed by atoms with Crippen molar-refractivity contribution in [1.82, 2.24) is 10.3 Å². The zero-order valence-electron chi connectivity index (χ0n) is 10.8. The Morgan fingerprint density at radius 3 is 2.89 bits per heavy atom. The summed E-state index contributed by atoms with van der Waals surface area (Å²) in [6, 6.07) is 11.2. The van der Waals surface area contributed by atoms with Gasteiger partial charge in [0.15, 0.2) is 0 Å². The molecular weight excluding hydrogens is 300 g/mol. The van der Waals surface area contributed by atoms with Crippen molar-refractivity contribution in [3.8, 4) is 0 Å². The lowest BCUT2D eigenvalue weighted by molar-refractivity contribution is 0.533. The van der Waals surface area contributed by atoms with Crippen LogP contribution in [0.25, 0.3) is 0 Å². The second kappa shape index (κ2) is 5.85. The summed E-state index contributed by atoms with van der Waals surface area (Å²) in [5.74, 6) is 0. The summed E-state index contributed by atoms with van der Waals surface area (Å²) in [6.07, 6.45) is 7.15. The molecule has 2 nitrogen and oxygen atoms in total. The fourth-order valence-electron chi connectivity index (χ4n) is 2.76. The lowest BCUT2D eigenvalue weighted by Gasteiger charge is -2.14. The molecule has 1 aromatic heterocycles. The number of nitrogens with zero attached hydrogens (tertiary/aromatic N) is 1. The van der Waals surface area contributed by atoms with Gasteiger partial charge in [-0.05, 0) is 60.7 Å². The van der Waals surface area contributed by atoms with Crippen LogP contribution in [0.1, 0.15) is 29.2 Å². The minimum atomic E-state index is 0.509. The van der Waals surface area contributed by atoms with Crippen LogP contribution in [0.3, 0.4) is 0 Å². The number of fused-ring (bicyclic) bond motifs is 1. The molecule has 1 atom stereocenters. The molecule has 98 valence electrons. The van der Waals surface area contributed by atoms with Gasteiger partial charge in [-0.25, -0.2) is 0 Å². The largest absolute Gasteiger partial charge is 0.310 e. The molecule has 0 bridgehead atoms. The van der Waals surface area contributed by atoms with E-state index in [0.717, 1.165) is 13.0 Å². The minimum Gasteiger partial charge on any atom is -0.310 e. The Morgan fingerprint density at radius 2 is 2.05 bits per heavy atom. The number of aromatic nitrogens is 1. The first kappa shape index (κ1) is 12.8. The molecule has 1 aliphatic carbocycles. The van der Waals surface area contributed by atoms with E-state index in [2.05, 4.69) is 56.6 Å². The van der Waals surface area contributed by atoms with Gasteiger partial charge in [0, 0.05) is 22.9 Å². The van der Waals surface area contributed by atoms with Crippen LogP contribution in [0.2, 0.25) is 0 Å². The summed E-state index contributed by atoms with van der Waals surface area (Å²) in [7, 11) is 0. The van der Waals surface area contributed by atoms with Crippen molar-refractivity contribution in [2.45, 2.75) is 25.3 Å². The number of halogens is 1. The molecule has 2 aromatic rings. The molecule has 0 spiro atoms. The van der Waals surface area contributed by atoms with E-state index in [1.165, 1.54) is 34.0 Å². The van der Waals surface area contributed by atoms with Crippen LogP contribution in [-0.2, 0) is 12.8 Å². The van der Waals surface area contributed by atoms with Crippen molar-refractivity contribution < 1.29 is 0 Å². The molecule has 1 N–H and O–H groups in total. The standard InChI is InChI=1S/C16H17BrN2/c17-15-3-1-2-14-13(15)4-5-16(14)19-11-8-12-6-9-18-10-7-12/h1-3,6-7,9-10,16,19H,4-5,8,11H2. The lowest BCUT2D eigenvalue weighted by Crippen LogP contribution is -2.21. The van der Waals surface area contributed by atoms with Gasteiger partial charge in [0.25, 0.3) is 0 Å². The van der Waals surface area contributed by atoms with Gasteiger partial charge in [0.05, 0.1) is 0 Å². The van der Waals surface area contributed by atoms with Crippen LogP contribution >= 0.6 is 15.9 Å². The Morgan fingerprint density at radius 1 is 1.21 bits per heavy atom. The van der Waals surface area contributed by atoms with Crippen LogP contribution in [0.15, 0.2) is 47.2 Å². The maximum absolute atomic E-state index is 4.04. The quantitative estimate of drug-likeness (QED) is 0.931. The summed E-state index contributed by atoms with van der Waals surface area (Å²) >= 11 is 3.64. The number of hydrogen-bond donors (Lipinski definition) is 1. The average molecular weight is 317 g/mol. The minimum absolute atomic E-state index is 0.509. The molecule has 1 aromatic carbocycles. The van der Waals surface area contributed by atoms with Crippen LogP contribution < -0.4 is 5.32 Å². The van der Waals surface area contributed by atoms with Crippen LogP contribution in [0, 0.1) is 0 Å². The van der Waals surface area contributed by atoms with E-state index in [0.29, 0.717) is 6.04 Å². The van der Waals surface area contributed by atoms with E-state index >= 15 is 0 Å². The Kier molecular flexibility index (Phi) is 3.95. The van der Waals surface area contributed by atoms with Gasteiger partial charge in [-0.1, -0.05) is 28.1 Å². The summed E-state index contributed by atoms with van der Waals surface area (Å²) in [4.78, 5) is 4.04. The normalized spacial score (nSPS) is 17.4. The summed E-state index contributed by atoms with van der Waals surface area (Å²) in [6.45, 7) is 1.01. The highest BCUT2D eigenvalue weighted by atomic mass is 79.9. The SMILES string of the molecule is Brc1cccc2c1CCC2NCCc1ccncc1. The lowest BCUT2D eigenvalue weighted by atomic mass is 10.1. The molecular formula is C16H17BrN2. The third-order valence-electron chi connectivity index (χ3n) is 3.77. The highest BCUT2D eigenvalue weighted by Crippen LogP contribution is 2.35. The Balaban J connectivity index is 1.60. The molecule has 0 saturated heterocycles. The van der Waals surface area contributed by atoms with Gasteiger partial charge in [0.2, 0.25) is 0 Å². The Labute approximate surface area is 122 Å². The van der Waals surface area contributed by atoms with E-state index in [-0.39, 0.29) is 0 Å². The second-order valence-corrected chi connectivity index (χ2v) is 5.81. The Bertz CT molecular complexity index is 554. The molecule has 0 fully saturated rings. The maximum Gasteiger partial charge on any atom is 0.0326 e. The first-order chi connectivity index (χ1) is 9.34. The van der Waals surface area contributed by atoms with Gasteiger partial charge in [-0.2, -0.15) is 0 Å². The summed E-state index contributed by atoms with van der Waals surface area (Å²) in [5.41, 5.74) is 4.28. The molecule has 3 rings (SSSR count). The third-order valence-corrected chi connectivity index (χ3v) is 4.51. The molecule has 3 heteroatoms. The van der Waals surface area contributed by atoms with Gasteiger partial charge < -0.3 is 5.32 Å². The maximum atomic E-state index is 4.04. The highest BCUT2D eigenvalue weighted by molar-refractivity contribution is 9.10. The Hall–Kier alpha value is -1.19. The number of benzene rings is 1. The number of hydrogen-bond acceptors (Lipinski definition) is 2. The molecule has 1 aliphatic rings. The number of nitrogens with one attached hydrogen (secondary N) is 1. The highest BCUT2D eigenvalue weighted by Gasteiger charge is 2.22. The van der Waals surface area contributed by atoms with E-state index in [1.54, 1.807) is 0 Å². The number of pyridine rings is 1. The second-order valence-electron chi connectivity index (χ2n) is 4.96. The van der Waals surface area contributed by atoms with E-state index < -0.39 is 0 Å². The van der Waals surface area contributed by atoms with Crippen molar-refractivity contribution in [2.24, 2.45) is 0 Å². The van der Waals surface area contributed by atoms with Crippen molar-refractivity contribution in [3.63, 3.8) is 0 Å². The van der Waals surface area contributed by atoms with E-state index in [9.17, 15) is 0 Å². The van der Waals surface area contributed by atoms with Gasteiger partial charge in [0.1, 0.15) is 0 Å². The first-order valence-corrected chi connectivity index (χ1v) is 7.53. The molecule has 1 unspecified atom stereocenters. The smallest absolute Gasteiger partial charge is 0.0326 e.